The average Bonchev–Trinajstić information content (AvgIpc) is 2.48. The van der Waals surface area contributed by atoms with Gasteiger partial charge in [-0.1, -0.05) is 56.1 Å². The number of aliphatic hydroxyl groups excluding tert-OH is 1. The Kier molecular flexibility index (Phi) is 8.78. The minimum Gasteiger partial charge on any atom is -0.392 e. The Bertz CT molecular complexity index is 481. The van der Waals surface area contributed by atoms with Crippen molar-refractivity contribution in [1.29, 1.82) is 0 Å². The largest absolute Gasteiger partial charge is 0.392 e. The standard InChI is InChI=1S/C9H11BrO.C7H7BrO/c1-2-11-7-8-3-5-9(10)6-4-8;8-7-3-1-6(5-9)2-4-7/h3-6H,2,7H2,1H3;1-4,9H,5H2. The molecule has 0 fully saturated rings. The Hall–Kier alpha value is -0.680. The lowest BCUT2D eigenvalue weighted by atomic mass is 10.2. The van der Waals surface area contributed by atoms with E-state index in [4.69, 9.17) is 9.84 Å². The van der Waals surface area contributed by atoms with Gasteiger partial charge in [0.25, 0.3) is 0 Å². The van der Waals surface area contributed by atoms with Crippen LogP contribution in [0, 0.1) is 0 Å². The molecule has 2 aromatic carbocycles. The smallest absolute Gasteiger partial charge is 0.0716 e. The van der Waals surface area contributed by atoms with Gasteiger partial charge in [0.2, 0.25) is 0 Å². The number of aliphatic hydroxyl groups is 1. The van der Waals surface area contributed by atoms with Gasteiger partial charge in [-0.05, 0) is 42.3 Å². The fraction of sp³-hybridized carbons (Fsp3) is 0.250. The third kappa shape index (κ3) is 7.20. The second-order valence-corrected chi connectivity index (χ2v) is 5.88. The third-order valence-corrected chi connectivity index (χ3v) is 3.54. The summed E-state index contributed by atoms with van der Waals surface area (Å²) in [6.07, 6.45) is 0. The molecule has 4 heteroatoms. The van der Waals surface area contributed by atoms with Crippen LogP contribution in [0.5, 0.6) is 0 Å². The van der Waals surface area contributed by atoms with Crippen molar-refractivity contribution < 1.29 is 9.84 Å². The number of benzene rings is 2. The van der Waals surface area contributed by atoms with Crippen LogP contribution in [0.2, 0.25) is 0 Å². The van der Waals surface area contributed by atoms with Crippen molar-refractivity contribution >= 4 is 31.9 Å². The second-order valence-electron chi connectivity index (χ2n) is 4.05. The predicted molar refractivity (Wildman–Crippen MR) is 89.5 cm³/mol. The first-order valence-electron chi connectivity index (χ1n) is 6.33. The maximum Gasteiger partial charge on any atom is 0.0716 e. The first-order chi connectivity index (χ1) is 9.65. The summed E-state index contributed by atoms with van der Waals surface area (Å²) in [5.74, 6) is 0. The van der Waals surface area contributed by atoms with E-state index in [-0.39, 0.29) is 6.61 Å². The summed E-state index contributed by atoms with van der Waals surface area (Å²) in [7, 11) is 0. The molecule has 0 bridgehead atoms. The van der Waals surface area contributed by atoms with Gasteiger partial charge in [0.1, 0.15) is 0 Å². The van der Waals surface area contributed by atoms with Gasteiger partial charge in [0.05, 0.1) is 13.2 Å². The molecule has 1 N–H and O–H groups in total. The minimum atomic E-state index is 0.118. The average molecular weight is 402 g/mol. The highest BCUT2D eigenvalue weighted by Gasteiger charge is 1.90. The number of hydrogen-bond donors (Lipinski definition) is 1. The van der Waals surface area contributed by atoms with Gasteiger partial charge in [0.15, 0.2) is 0 Å². The Labute approximate surface area is 137 Å². The van der Waals surface area contributed by atoms with Gasteiger partial charge in [-0.25, -0.2) is 0 Å². The number of halogens is 2. The minimum absolute atomic E-state index is 0.118. The van der Waals surface area contributed by atoms with E-state index in [1.54, 1.807) is 0 Å². The molecule has 2 nitrogen and oxygen atoms in total. The zero-order valence-corrected chi connectivity index (χ0v) is 14.5. The zero-order valence-electron chi connectivity index (χ0n) is 11.4. The van der Waals surface area contributed by atoms with E-state index in [0.717, 1.165) is 21.1 Å². The van der Waals surface area contributed by atoms with Gasteiger partial charge >= 0.3 is 0 Å². The Morgan fingerprint density at radius 2 is 1.30 bits per heavy atom. The normalized spacial score (nSPS) is 9.80. The lowest BCUT2D eigenvalue weighted by molar-refractivity contribution is 0.134. The van der Waals surface area contributed by atoms with Crippen LogP contribution in [-0.2, 0) is 18.0 Å². The summed E-state index contributed by atoms with van der Waals surface area (Å²) in [5, 5.41) is 8.61. The van der Waals surface area contributed by atoms with Gasteiger partial charge < -0.3 is 9.84 Å². The van der Waals surface area contributed by atoms with Crippen molar-refractivity contribution in [3.8, 4) is 0 Å². The van der Waals surface area contributed by atoms with Crippen LogP contribution in [0.1, 0.15) is 18.1 Å². The van der Waals surface area contributed by atoms with Crippen molar-refractivity contribution in [2.45, 2.75) is 20.1 Å². The van der Waals surface area contributed by atoms with Crippen LogP contribution < -0.4 is 0 Å². The molecule has 108 valence electrons. The monoisotopic (exact) mass is 400 g/mol. The maximum atomic E-state index is 8.61. The molecule has 0 atom stereocenters. The first kappa shape index (κ1) is 17.4. The van der Waals surface area contributed by atoms with Crippen LogP contribution >= 0.6 is 31.9 Å². The lowest BCUT2D eigenvalue weighted by Gasteiger charge is -2.00. The topological polar surface area (TPSA) is 29.5 Å². The zero-order chi connectivity index (χ0) is 14.8. The Morgan fingerprint density at radius 1 is 0.850 bits per heavy atom. The predicted octanol–water partition coefficient (Wildman–Crippen LogP) is 4.93. The fourth-order valence-electron chi connectivity index (χ4n) is 1.39. The summed E-state index contributed by atoms with van der Waals surface area (Å²) in [4.78, 5) is 0. The lowest BCUT2D eigenvalue weighted by Crippen LogP contribution is -1.90. The SMILES string of the molecule is CCOCc1ccc(Br)cc1.OCc1ccc(Br)cc1. The van der Waals surface area contributed by atoms with E-state index in [0.29, 0.717) is 6.61 Å². The molecule has 0 heterocycles. The van der Waals surface area contributed by atoms with E-state index in [9.17, 15) is 0 Å². The maximum absolute atomic E-state index is 8.61. The molecule has 0 saturated heterocycles. The molecule has 0 unspecified atom stereocenters. The molecule has 0 aliphatic heterocycles. The summed E-state index contributed by atoms with van der Waals surface area (Å²) < 4.78 is 7.39. The van der Waals surface area contributed by atoms with E-state index in [1.165, 1.54) is 5.56 Å². The molecular weight excluding hydrogens is 384 g/mol. The Morgan fingerprint density at radius 3 is 1.70 bits per heavy atom. The van der Waals surface area contributed by atoms with Crippen molar-refractivity contribution in [2.75, 3.05) is 6.61 Å². The summed E-state index contributed by atoms with van der Waals surface area (Å²) in [6, 6.07) is 15.7. The van der Waals surface area contributed by atoms with Crippen LogP contribution in [0.25, 0.3) is 0 Å². The number of hydrogen-bond acceptors (Lipinski definition) is 2. The third-order valence-electron chi connectivity index (χ3n) is 2.48. The quantitative estimate of drug-likeness (QED) is 0.787. The second kappa shape index (κ2) is 10.1. The molecule has 0 radical (unpaired) electrons. The van der Waals surface area contributed by atoms with Crippen molar-refractivity contribution in [3.05, 3.63) is 68.6 Å². The summed E-state index contributed by atoms with van der Waals surface area (Å²) in [6.45, 7) is 3.60. The molecule has 0 aliphatic carbocycles. The molecule has 0 spiro atoms. The van der Waals surface area contributed by atoms with Crippen LogP contribution in [-0.4, -0.2) is 11.7 Å². The molecule has 0 aliphatic rings. The van der Waals surface area contributed by atoms with Crippen molar-refractivity contribution in [3.63, 3.8) is 0 Å². The van der Waals surface area contributed by atoms with E-state index >= 15 is 0 Å². The van der Waals surface area contributed by atoms with Crippen LogP contribution in [0.15, 0.2) is 57.5 Å². The number of ether oxygens (including phenoxy) is 1. The van der Waals surface area contributed by atoms with E-state index in [2.05, 4.69) is 44.0 Å². The highest BCUT2D eigenvalue weighted by Crippen LogP contribution is 2.11. The van der Waals surface area contributed by atoms with E-state index in [1.807, 2.05) is 43.3 Å². The van der Waals surface area contributed by atoms with Gasteiger partial charge in [-0.2, -0.15) is 0 Å². The number of rotatable bonds is 4. The fourth-order valence-corrected chi connectivity index (χ4v) is 1.92. The molecule has 20 heavy (non-hydrogen) atoms. The molecule has 2 aromatic rings. The Balaban J connectivity index is 0.000000204. The first-order valence-corrected chi connectivity index (χ1v) is 7.91. The van der Waals surface area contributed by atoms with Gasteiger partial charge in [-0.15, -0.1) is 0 Å². The molecule has 0 saturated carbocycles. The molecular formula is C16H18Br2O2. The molecule has 0 aromatic heterocycles. The van der Waals surface area contributed by atoms with Crippen LogP contribution in [0.4, 0.5) is 0 Å². The highest BCUT2D eigenvalue weighted by atomic mass is 79.9. The summed E-state index contributed by atoms with van der Waals surface area (Å²) in [5.41, 5.74) is 2.16. The van der Waals surface area contributed by atoms with Crippen LogP contribution in [0.3, 0.4) is 0 Å². The molecule has 2 rings (SSSR count). The summed E-state index contributed by atoms with van der Waals surface area (Å²) >= 11 is 6.67. The van der Waals surface area contributed by atoms with Crippen molar-refractivity contribution in [1.82, 2.24) is 0 Å². The van der Waals surface area contributed by atoms with Gasteiger partial charge in [-0.3, -0.25) is 0 Å². The van der Waals surface area contributed by atoms with Crippen molar-refractivity contribution in [2.24, 2.45) is 0 Å². The van der Waals surface area contributed by atoms with Gasteiger partial charge in [0, 0.05) is 15.6 Å². The van der Waals surface area contributed by atoms with E-state index < -0.39 is 0 Å². The highest BCUT2D eigenvalue weighted by molar-refractivity contribution is 9.10. The molecule has 0 amide bonds.